The van der Waals surface area contributed by atoms with Crippen molar-refractivity contribution in [2.45, 2.75) is 0 Å². The van der Waals surface area contributed by atoms with Gasteiger partial charge in [0.2, 0.25) is 5.95 Å². The van der Waals surface area contributed by atoms with Crippen LogP contribution in [-0.2, 0) is 0 Å². The molecule has 0 bridgehead atoms. The molecule has 0 radical (unpaired) electrons. The van der Waals surface area contributed by atoms with Crippen molar-refractivity contribution in [1.29, 1.82) is 0 Å². The molecular formula is C37H21N5S. The summed E-state index contributed by atoms with van der Waals surface area (Å²) in [7, 11) is 0. The smallest absolute Gasteiger partial charge is 0.235 e. The lowest BCUT2D eigenvalue weighted by molar-refractivity contribution is 1.01. The number of pyridine rings is 1. The van der Waals surface area contributed by atoms with Crippen molar-refractivity contribution < 1.29 is 0 Å². The van der Waals surface area contributed by atoms with E-state index in [1.54, 1.807) is 11.3 Å². The predicted molar refractivity (Wildman–Crippen MR) is 178 cm³/mol. The first-order chi connectivity index (χ1) is 21.3. The van der Waals surface area contributed by atoms with E-state index in [9.17, 15) is 0 Å². The highest BCUT2D eigenvalue weighted by Gasteiger charge is 2.21. The number of fused-ring (bicyclic) bond motifs is 10. The van der Waals surface area contributed by atoms with Crippen LogP contribution < -0.4 is 0 Å². The summed E-state index contributed by atoms with van der Waals surface area (Å²) < 4.78 is 6.70. The topological polar surface area (TPSA) is 48.0 Å². The van der Waals surface area contributed by atoms with Crippen molar-refractivity contribution in [3.05, 3.63) is 128 Å². The number of aromatic nitrogens is 5. The highest BCUT2D eigenvalue weighted by atomic mass is 32.1. The molecule has 0 saturated carbocycles. The number of benzene rings is 5. The summed E-state index contributed by atoms with van der Waals surface area (Å²) in [5.74, 6) is 0.661. The van der Waals surface area contributed by atoms with Gasteiger partial charge in [0, 0.05) is 32.6 Å². The first-order valence-electron chi connectivity index (χ1n) is 14.3. The Morgan fingerprint density at radius 3 is 2.26 bits per heavy atom. The molecule has 200 valence electrons. The molecule has 0 N–H and O–H groups in total. The molecule has 6 heteroatoms. The van der Waals surface area contributed by atoms with E-state index in [2.05, 4.69) is 130 Å². The van der Waals surface area contributed by atoms with Crippen LogP contribution in [-0.4, -0.2) is 23.9 Å². The van der Waals surface area contributed by atoms with Crippen molar-refractivity contribution in [2.75, 3.05) is 0 Å². The van der Waals surface area contributed by atoms with Crippen LogP contribution in [0.25, 0.3) is 86.8 Å². The number of rotatable bonds is 2. The number of nitrogens with zero attached hydrogens (tertiary/aromatic N) is 5. The average Bonchev–Trinajstić information content (AvgIpc) is 3.72. The van der Waals surface area contributed by atoms with Gasteiger partial charge in [-0.3, -0.25) is 8.97 Å². The molecule has 5 aromatic heterocycles. The number of hydrogen-bond donors (Lipinski definition) is 0. The Hall–Kier alpha value is -5.59. The highest BCUT2D eigenvalue weighted by molar-refractivity contribution is 7.26. The third kappa shape index (κ3) is 3.24. The lowest BCUT2D eigenvalue weighted by Crippen LogP contribution is -2.03. The van der Waals surface area contributed by atoms with Crippen molar-refractivity contribution in [3.8, 4) is 17.2 Å². The molecule has 5 nitrogen and oxygen atoms in total. The van der Waals surface area contributed by atoms with E-state index >= 15 is 0 Å². The van der Waals surface area contributed by atoms with E-state index in [0.29, 0.717) is 5.95 Å². The fourth-order valence-corrected chi connectivity index (χ4v) is 7.70. The Kier molecular flexibility index (Phi) is 4.54. The molecule has 5 heterocycles. The van der Waals surface area contributed by atoms with E-state index < -0.39 is 0 Å². The number of thiophene rings is 1. The minimum atomic E-state index is 0.661. The molecule has 10 aromatic rings. The van der Waals surface area contributed by atoms with Gasteiger partial charge in [-0.15, -0.1) is 11.3 Å². The predicted octanol–water partition coefficient (Wildman–Crippen LogP) is 9.56. The van der Waals surface area contributed by atoms with Gasteiger partial charge in [0.1, 0.15) is 5.65 Å². The van der Waals surface area contributed by atoms with Crippen LogP contribution in [0.1, 0.15) is 0 Å². The first-order valence-corrected chi connectivity index (χ1v) is 15.1. The molecule has 0 aliphatic carbocycles. The number of para-hydroxylation sites is 3. The maximum absolute atomic E-state index is 5.38. The summed E-state index contributed by atoms with van der Waals surface area (Å²) in [6.07, 6.45) is 2.19. The number of hydrogen-bond acceptors (Lipinski definition) is 4. The zero-order valence-corrected chi connectivity index (χ0v) is 23.6. The summed E-state index contributed by atoms with van der Waals surface area (Å²) in [4.78, 5) is 15.6. The lowest BCUT2D eigenvalue weighted by atomic mass is 10.0. The van der Waals surface area contributed by atoms with Crippen LogP contribution in [0, 0.1) is 0 Å². The van der Waals surface area contributed by atoms with E-state index in [0.717, 1.165) is 65.3 Å². The Morgan fingerprint density at radius 2 is 1.33 bits per heavy atom. The Balaban J connectivity index is 1.35. The minimum absolute atomic E-state index is 0.661. The second-order valence-electron chi connectivity index (χ2n) is 11.0. The zero-order valence-electron chi connectivity index (χ0n) is 22.8. The van der Waals surface area contributed by atoms with Crippen molar-refractivity contribution in [3.63, 3.8) is 0 Å². The van der Waals surface area contributed by atoms with Crippen LogP contribution in [0.3, 0.4) is 0 Å². The molecule has 0 aliphatic heterocycles. The fraction of sp³-hybridized carbons (Fsp3) is 0. The van der Waals surface area contributed by atoms with Crippen molar-refractivity contribution in [2.24, 2.45) is 0 Å². The normalized spacial score (nSPS) is 12.2. The standard InChI is InChI=1S/C37H21N5S/c1-2-10-23-19-24(18-17-22(23)9-1)34-36-35(26-12-4-8-16-32(26)43-36)40-37(39-34)42-29-14-6-3-11-25(29)27-20-33-38-28-13-5-7-15-30(28)41(33)21-31(27)42/h1-21H. The number of imidazole rings is 1. The largest absolute Gasteiger partial charge is 0.297 e. The van der Waals surface area contributed by atoms with Crippen LogP contribution in [0.4, 0.5) is 0 Å². The second-order valence-corrected chi connectivity index (χ2v) is 12.0. The SMILES string of the molecule is c1ccc2cc(-c3nc(-n4c5ccccc5c5cc6nc7ccccc7n6cc54)nc4c3sc3ccccc34)ccc2c1. The van der Waals surface area contributed by atoms with Gasteiger partial charge in [-0.25, -0.2) is 15.0 Å². The third-order valence-corrected chi connectivity index (χ3v) is 9.70. The average molecular weight is 568 g/mol. The van der Waals surface area contributed by atoms with Crippen LogP contribution in [0.2, 0.25) is 0 Å². The Morgan fingerprint density at radius 1 is 0.558 bits per heavy atom. The van der Waals surface area contributed by atoms with Crippen molar-refractivity contribution in [1.82, 2.24) is 23.9 Å². The van der Waals surface area contributed by atoms with Crippen LogP contribution in [0.15, 0.2) is 128 Å². The van der Waals surface area contributed by atoms with Gasteiger partial charge in [-0.2, -0.15) is 0 Å². The van der Waals surface area contributed by atoms with Gasteiger partial charge in [0.25, 0.3) is 0 Å². The summed E-state index contributed by atoms with van der Waals surface area (Å²) in [6, 6.07) is 42.6. The first kappa shape index (κ1) is 23.0. The quantitative estimate of drug-likeness (QED) is 0.209. The van der Waals surface area contributed by atoms with Crippen LogP contribution >= 0.6 is 11.3 Å². The molecule has 0 atom stereocenters. The van der Waals surface area contributed by atoms with E-state index in [-0.39, 0.29) is 0 Å². The molecule has 0 aliphatic rings. The lowest BCUT2D eigenvalue weighted by Gasteiger charge is -2.11. The summed E-state index contributed by atoms with van der Waals surface area (Å²) in [5, 5.41) is 5.84. The molecule has 0 amide bonds. The fourth-order valence-electron chi connectivity index (χ4n) is 6.54. The van der Waals surface area contributed by atoms with E-state index in [1.165, 1.54) is 15.5 Å². The maximum Gasteiger partial charge on any atom is 0.235 e. The summed E-state index contributed by atoms with van der Waals surface area (Å²) >= 11 is 1.76. The summed E-state index contributed by atoms with van der Waals surface area (Å²) in [6.45, 7) is 0. The highest BCUT2D eigenvalue weighted by Crippen LogP contribution is 2.40. The van der Waals surface area contributed by atoms with Gasteiger partial charge in [-0.1, -0.05) is 84.9 Å². The van der Waals surface area contributed by atoms with E-state index in [4.69, 9.17) is 15.0 Å². The molecule has 0 saturated heterocycles. The molecule has 43 heavy (non-hydrogen) atoms. The Labute approximate surface area is 248 Å². The molecular weight excluding hydrogens is 547 g/mol. The van der Waals surface area contributed by atoms with Gasteiger partial charge < -0.3 is 0 Å². The van der Waals surface area contributed by atoms with Gasteiger partial charge >= 0.3 is 0 Å². The van der Waals surface area contributed by atoms with Gasteiger partial charge in [0.05, 0.1) is 38.0 Å². The molecule has 0 spiro atoms. The second kappa shape index (κ2) is 8.47. The third-order valence-electron chi connectivity index (χ3n) is 8.53. The summed E-state index contributed by atoms with van der Waals surface area (Å²) in [5.41, 5.74) is 8.11. The molecule has 10 rings (SSSR count). The molecule has 5 aromatic carbocycles. The molecule has 0 unspecified atom stereocenters. The maximum atomic E-state index is 5.38. The Bertz CT molecular complexity index is 2750. The zero-order chi connectivity index (χ0) is 28.1. The minimum Gasteiger partial charge on any atom is -0.297 e. The van der Waals surface area contributed by atoms with Crippen LogP contribution in [0.5, 0.6) is 0 Å². The van der Waals surface area contributed by atoms with Gasteiger partial charge in [0.15, 0.2) is 0 Å². The van der Waals surface area contributed by atoms with Crippen molar-refractivity contribution >= 4 is 80.9 Å². The van der Waals surface area contributed by atoms with E-state index in [1.807, 2.05) is 6.07 Å². The monoisotopic (exact) mass is 567 g/mol. The molecule has 0 fully saturated rings. The van der Waals surface area contributed by atoms with Gasteiger partial charge in [-0.05, 0) is 47.2 Å².